The van der Waals surface area contributed by atoms with Gasteiger partial charge in [0.25, 0.3) is 5.91 Å². The zero-order valence-electron chi connectivity index (χ0n) is 18.4. The van der Waals surface area contributed by atoms with Gasteiger partial charge in [0.05, 0.1) is 10.6 Å². The van der Waals surface area contributed by atoms with Crippen LogP contribution in [0.15, 0.2) is 29.2 Å². The summed E-state index contributed by atoms with van der Waals surface area (Å²) in [7, 11) is 1.27. The van der Waals surface area contributed by atoms with Crippen molar-refractivity contribution in [2.45, 2.75) is 38.6 Å². The molecule has 3 aromatic rings. The van der Waals surface area contributed by atoms with Gasteiger partial charge in [0.2, 0.25) is 10.0 Å². The zero-order valence-corrected chi connectivity index (χ0v) is 19.2. The normalized spacial score (nSPS) is 12.1. The van der Waals surface area contributed by atoms with Gasteiger partial charge in [0.15, 0.2) is 0 Å². The fourth-order valence-corrected chi connectivity index (χ4v) is 4.65. The molecule has 0 unspecified atom stereocenters. The highest BCUT2D eigenvalue weighted by Crippen LogP contribution is 2.24. The van der Waals surface area contributed by atoms with E-state index >= 15 is 0 Å². The van der Waals surface area contributed by atoms with Crippen molar-refractivity contribution in [3.05, 3.63) is 46.9 Å². The maximum Gasteiger partial charge on any atom is 0.267 e. The van der Waals surface area contributed by atoms with E-state index in [0.717, 1.165) is 29.0 Å². The molecule has 0 bridgehead atoms. The van der Waals surface area contributed by atoms with E-state index in [1.807, 2.05) is 18.5 Å². The molecular formula is C21H29N5O3S. The molecule has 0 atom stereocenters. The van der Waals surface area contributed by atoms with Gasteiger partial charge in [0, 0.05) is 50.8 Å². The van der Waals surface area contributed by atoms with Crippen LogP contribution >= 0.6 is 0 Å². The summed E-state index contributed by atoms with van der Waals surface area (Å²) in [5.74, 6) is -0.191. The average Bonchev–Trinajstić information content (AvgIpc) is 3.18. The van der Waals surface area contributed by atoms with Crippen LogP contribution in [-0.2, 0) is 30.0 Å². The Kier molecular flexibility index (Phi) is 6.05. The molecule has 0 aliphatic carbocycles. The lowest BCUT2D eigenvalue weighted by Gasteiger charge is -2.11. The van der Waals surface area contributed by atoms with E-state index in [4.69, 9.17) is 0 Å². The second kappa shape index (κ2) is 8.23. The van der Waals surface area contributed by atoms with Gasteiger partial charge in [-0.3, -0.25) is 9.48 Å². The van der Waals surface area contributed by atoms with Gasteiger partial charge in [-0.2, -0.15) is 5.10 Å². The highest BCUT2D eigenvalue weighted by Gasteiger charge is 2.20. The first-order chi connectivity index (χ1) is 14.1. The average molecular weight is 432 g/mol. The van der Waals surface area contributed by atoms with Crippen molar-refractivity contribution in [1.29, 1.82) is 0 Å². The van der Waals surface area contributed by atoms with Gasteiger partial charge in [-0.05, 0) is 57.0 Å². The van der Waals surface area contributed by atoms with E-state index in [1.165, 1.54) is 18.4 Å². The third-order valence-corrected chi connectivity index (χ3v) is 7.33. The quantitative estimate of drug-likeness (QED) is 0.621. The van der Waals surface area contributed by atoms with Crippen molar-refractivity contribution in [3.8, 4) is 0 Å². The summed E-state index contributed by atoms with van der Waals surface area (Å²) in [5, 5.41) is 8.20. The summed E-state index contributed by atoms with van der Waals surface area (Å²) in [4.78, 5) is 13.0. The van der Waals surface area contributed by atoms with Gasteiger partial charge in [-0.15, -0.1) is 0 Å². The largest absolute Gasteiger partial charge is 0.350 e. The first-order valence-electron chi connectivity index (χ1n) is 9.91. The van der Waals surface area contributed by atoms with E-state index < -0.39 is 10.0 Å². The van der Waals surface area contributed by atoms with Crippen LogP contribution < -0.4 is 5.32 Å². The number of aromatic nitrogens is 3. The molecule has 2 heterocycles. The predicted molar refractivity (Wildman–Crippen MR) is 117 cm³/mol. The summed E-state index contributed by atoms with van der Waals surface area (Å²) in [6.45, 7) is 7.40. The SMILES string of the molecule is CCn1nc(C)c(CCNC(=O)c2cc3cc(S(=O)(=O)N(C)C)ccc3n2C)c1C. The van der Waals surface area contributed by atoms with Crippen LogP contribution in [0.1, 0.15) is 34.4 Å². The Hall–Kier alpha value is -2.65. The summed E-state index contributed by atoms with van der Waals surface area (Å²) < 4.78 is 29.7. The van der Waals surface area contributed by atoms with E-state index in [-0.39, 0.29) is 10.8 Å². The minimum absolute atomic E-state index is 0.191. The van der Waals surface area contributed by atoms with Gasteiger partial charge < -0.3 is 9.88 Å². The number of carbonyl (C=O) groups is 1. The number of hydrogen-bond donors (Lipinski definition) is 1. The second-order valence-corrected chi connectivity index (χ2v) is 9.72. The molecule has 30 heavy (non-hydrogen) atoms. The van der Waals surface area contributed by atoms with Crippen LogP contribution in [0.3, 0.4) is 0 Å². The van der Waals surface area contributed by atoms with Gasteiger partial charge >= 0.3 is 0 Å². The van der Waals surface area contributed by atoms with Crippen molar-refractivity contribution >= 4 is 26.8 Å². The van der Waals surface area contributed by atoms with Crippen LogP contribution in [-0.4, -0.2) is 53.6 Å². The zero-order chi connectivity index (χ0) is 22.2. The number of nitrogens with one attached hydrogen (secondary N) is 1. The molecule has 0 aliphatic heterocycles. The van der Waals surface area contributed by atoms with Crippen LogP contribution in [0.2, 0.25) is 0 Å². The fraction of sp³-hybridized carbons (Fsp3) is 0.429. The fourth-order valence-electron chi connectivity index (χ4n) is 3.71. The summed E-state index contributed by atoms with van der Waals surface area (Å²) in [6.07, 6.45) is 0.707. The Morgan fingerprint density at radius 3 is 2.50 bits per heavy atom. The van der Waals surface area contributed by atoms with Crippen LogP contribution in [0, 0.1) is 13.8 Å². The molecule has 1 N–H and O–H groups in total. The number of rotatable bonds is 7. The van der Waals surface area contributed by atoms with Crippen LogP contribution in [0.4, 0.5) is 0 Å². The lowest BCUT2D eigenvalue weighted by Crippen LogP contribution is -2.27. The van der Waals surface area contributed by atoms with Gasteiger partial charge in [-0.25, -0.2) is 12.7 Å². The van der Waals surface area contributed by atoms with Crippen molar-refractivity contribution in [2.24, 2.45) is 7.05 Å². The lowest BCUT2D eigenvalue weighted by molar-refractivity contribution is 0.0946. The predicted octanol–water partition coefficient (Wildman–Crippen LogP) is 2.23. The van der Waals surface area contributed by atoms with Gasteiger partial charge in [-0.1, -0.05) is 0 Å². The van der Waals surface area contributed by atoms with Crippen molar-refractivity contribution in [1.82, 2.24) is 24.0 Å². The van der Waals surface area contributed by atoms with E-state index in [9.17, 15) is 13.2 Å². The molecule has 0 saturated heterocycles. The number of benzene rings is 1. The number of amides is 1. The number of carbonyl (C=O) groups excluding carboxylic acids is 1. The number of aryl methyl sites for hydroxylation is 3. The number of nitrogens with zero attached hydrogens (tertiary/aromatic N) is 4. The number of sulfonamides is 1. The molecule has 0 fully saturated rings. The highest BCUT2D eigenvalue weighted by molar-refractivity contribution is 7.89. The minimum atomic E-state index is -3.53. The Labute approximate surface area is 177 Å². The van der Waals surface area contributed by atoms with Crippen LogP contribution in [0.25, 0.3) is 10.9 Å². The third-order valence-electron chi connectivity index (χ3n) is 5.52. The minimum Gasteiger partial charge on any atom is -0.350 e. The molecule has 162 valence electrons. The summed E-state index contributed by atoms with van der Waals surface area (Å²) in [5.41, 5.74) is 4.56. The molecule has 1 amide bonds. The second-order valence-electron chi connectivity index (χ2n) is 7.57. The van der Waals surface area contributed by atoms with Crippen molar-refractivity contribution < 1.29 is 13.2 Å². The highest BCUT2D eigenvalue weighted by atomic mass is 32.2. The van der Waals surface area contributed by atoms with Crippen molar-refractivity contribution in [3.63, 3.8) is 0 Å². The topological polar surface area (TPSA) is 89.2 Å². The first-order valence-corrected chi connectivity index (χ1v) is 11.3. The monoisotopic (exact) mass is 431 g/mol. The molecule has 0 saturated carbocycles. The molecule has 1 aromatic carbocycles. The molecule has 8 nitrogen and oxygen atoms in total. The molecule has 9 heteroatoms. The van der Waals surface area contributed by atoms with Crippen LogP contribution in [0.5, 0.6) is 0 Å². The van der Waals surface area contributed by atoms with Gasteiger partial charge in [0.1, 0.15) is 5.69 Å². The summed E-state index contributed by atoms with van der Waals surface area (Å²) >= 11 is 0. The third kappa shape index (κ3) is 3.87. The maximum atomic E-state index is 12.8. The summed E-state index contributed by atoms with van der Waals surface area (Å²) in [6, 6.07) is 6.63. The standard InChI is InChI=1S/C21H29N5O3S/c1-7-26-15(3)18(14(2)23-26)10-11-22-21(27)20-13-16-12-17(30(28,29)24(4)5)8-9-19(16)25(20)6/h8-9,12-13H,7,10-11H2,1-6H3,(H,22,27). The molecule has 2 aromatic heterocycles. The number of fused-ring (bicyclic) bond motifs is 1. The smallest absolute Gasteiger partial charge is 0.267 e. The number of hydrogen-bond acceptors (Lipinski definition) is 4. The lowest BCUT2D eigenvalue weighted by atomic mass is 10.1. The molecule has 0 aliphatic rings. The maximum absolute atomic E-state index is 12.8. The first kappa shape index (κ1) is 22.0. The van der Waals surface area contributed by atoms with Crippen molar-refractivity contribution in [2.75, 3.05) is 20.6 Å². The Morgan fingerprint density at radius 1 is 1.20 bits per heavy atom. The Morgan fingerprint density at radius 2 is 1.90 bits per heavy atom. The Bertz CT molecular complexity index is 1210. The van der Waals surface area contributed by atoms with E-state index in [2.05, 4.69) is 17.3 Å². The molecule has 0 spiro atoms. The molecular weight excluding hydrogens is 402 g/mol. The molecule has 3 rings (SSSR count). The van der Waals surface area contributed by atoms with E-state index in [0.29, 0.717) is 24.0 Å². The van der Waals surface area contributed by atoms with E-state index in [1.54, 1.807) is 35.9 Å². The molecule has 0 radical (unpaired) electrons. The Balaban J connectivity index is 1.79.